The van der Waals surface area contributed by atoms with Crippen molar-refractivity contribution in [1.82, 2.24) is 20.9 Å². The minimum absolute atomic E-state index is 0.184. The van der Waals surface area contributed by atoms with E-state index < -0.39 is 23.1 Å². The maximum Gasteiger partial charge on any atom is 0.253 e. The summed E-state index contributed by atoms with van der Waals surface area (Å²) >= 11 is 2.81. The van der Waals surface area contributed by atoms with E-state index in [9.17, 15) is 19.5 Å². The zero-order valence-electron chi connectivity index (χ0n) is 24.9. The summed E-state index contributed by atoms with van der Waals surface area (Å²) in [6.45, 7) is 6.91. The molecule has 0 saturated heterocycles. The van der Waals surface area contributed by atoms with Crippen LogP contribution in [0.1, 0.15) is 49.5 Å². The second-order valence-electron chi connectivity index (χ2n) is 10.1. The van der Waals surface area contributed by atoms with Gasteiger partial charge < -0.3 is 25.8 Å². The molecule has 230 valence electrons. The SMILES string of the molecule is CCCCSCC(NC(=O)c1cccnc1)C(=O)N/C(Cc1ccccc1)=C(\O)[C@@H](SCCOC)C(=O)NCC(C)C. The first-order valence-corrected chi connectivity index (χ1v) is 16.4. The number of nitrogens with zero attached hydrogens (tertiary/aromatic N) is 1. The number of hydrogen-bond acceptors (Lipinski definition) is 8. The van der Waals surface area contributed by atoms with Crippen LogP contribution in [0.2, 0.25) is 0 Å². The van der Waals surface area contributed by atoms with Gasteiger partial charge in [-0.25, -0.2) is 0 Å². The number of rotatable bonds is 19. The van der Waals surface area contributed by atoms with E-state index in [2.05, 4.69) is 27.9 Å². The van der Waals surface area contributed by atoms with Crippen molar-refractivity contribution < 1.29 is 24.2 Å². The number of ether oxygens (including phenoxy) is 1. The van der Waals surface area contributed by atoms with Crippen molar-refractivity contribution >= 4 is 41.2 Å². The van der Waals surface area contributed by atoms with Crippen LogP contribution in [0, 0.1) is 5.92 Å². The highest BCUT2D eigenvalue weighted by atomic mass is 32.2. The van der Waals surface area contributed by atoms with E-state index in [-0.39, 0.29) is 29.7 Å². The molecule has 2 rings (SSSR count). The predicted octanol–water partition coefficient (Wildman–Crippen LogP) is 4.36. The van der Waals surface area contributed by atoms with Gasteiger partial charge in [-0.1, -0.05) is 57.5 Å². The standard InChI is InChI=1S/C31H44N4O5S2/c1-5-6-16-41-21-26(35-29(37)24-13-10-14-32-20-24)30(38)34-25(18-23-11-8-7-9-12-23)27(36)28(42-17-15-40-4)31(39)33-19-22(2)3/h7-14,20,22,26,28,36H,5-6,15-19,21H2,1-4H3,(H,33,39)(H,34,38)(H,35,37)/b27-25-/t26?,28-/m1/s1. The van der Waals surface area contributed by atoms with E-state index in [1.54, 1.807) is 37.2 Å². The fourth-order valence-corrected chi connectivity index (χ4v) is 5.85. The molecule has 9 nitrogen and oxygen atoms in total. The molecule has 42 heavy (non-hydrogen) atoms. The van der Waals surface area contributed by atoms with Gasteiger partial charge in [-0.15, -0.1) is 11.8 Å². The van der Waals surface area contributed by atoms with Crippen LogP contribution in [-0.4, -0.2) is 76.6 Å². The highest BCUT2D eigenvalue weighted by Gasteiger charge is 2.29. The molecule has 1 heterocycles. The lowest BCUT2D eigenvalue weighted by Gasteiger charge is -2.23. The smallest absolute Gasteiger partial charge is 0.253 e. The van der Waals surface area contributed by atoms with E-state index in [0.717, 1.165) is 24.2 Å². The van der Waals surface area contributed by atoms with E-state index in [1.165, 1.54) is 18.0 Å². The summed E-state index contributed by atoms with van der Waals surface area (Å²) in [5, 5.41) is 19.2. The Morgan fingerprint density at radius 2 is 1.81 bits per heavy atom. The Morgan fingerprint density at radius 1 is 1.05 bits per heavy atom. The molecule has 1 unspecified atom stereocenters. The number of allylic oxidation sites excluding steroid dienone is 1. The molecule has 0 fully saturated rings. The topological polar surface area (TPSA) is 130 Å². The number of nitrogens with one attached hydrogen (secondary N) is 3. The van der Waals surface area contributed by atoms with Gasteiger partial charge >= 0.3 is 0 Å². The zero-order chi connectivity index (χ0) is 30.7. The third kappa shape index (κ3) is 12.9. The number of hydrogen-bond donors (Lipinski definition) is 4. The molecule has 2 aromatic rings. The molecule has 0 spiro atoms. The molecule has 0 radical (unpaired) electrons. The number of aromatic nitrogens is 1. The van der Waals surface area contributed by atoms with Crippen LogP contribution in [0.15, 0.2) is 66.3 Å². The van der Waals surface area contributed by atoms with Gasteiger partial charge in [-0.05, 0) is 35.8 Å². The average molecular weight is 617 g/mol. The summed E-state index contributed by atoms with van der Waals surface area (Å²) in [7, 11) is 1.57. The molecule has 1 aromatic carbocycles. The lowest BCUT2D eigenvalue weighted by atomic mass is 10.1. The van der Waals surface area contributed by atoms with Crippen LogP contribution in [-0.2, 0) is 20.7 Å². The molecule has 2 atom stereocenters. The van der Waals surface area contributed by atoms with Gasteiger partial charge in [0.05, 0.1) is 17.9 Å². The van der Waals surface area contributed by atoms with Crippen LogP contribution in [0.25, 0.3) is 0 Å². The quantitative estimate of drug-likeness (QED) is 0.135. The molecule has 0 aliphatic rings. The first-order chi connectivity index (χ1) is 20.3. The number of amides is 3. The Bertz CT molecular complexity index is 1130. The molecule has 0 saturated carbocycles. The van der Waals surface area contributed by atoms with Gasteiger partial charge in [0.15, 0.2) is 0 Å². The van der Waals surface area contributed by atoms with Crippen molar-refractivity contribution in [3.8, 4) is 0 Å². The largest absolute Gasteiger partial charge is 0.509 e. The summed E-state index contributed by atoms with van der Waals surface area (Å²) < 4.78 is 5.16. The molecule has 0 aliphatic heterocycles. The molecule has 0 bridgehead atoms. The number of aliphatic hydroxyl groups excluding tert-OH is 1. The fourth-order valence-electron chi connectivity index (χ4n) is 3.69. The maximum atomic E-state index is 13.7. The number of carbonyl (C=O) groups is 3. The Morgan fingerprint density at radius 3 is 2.45 bits per heavy atom. The van der Waals surface area contributed by atoms with Crippen molar-refractivity contribution in [3.63, 3.8) is 0 Å². The lowest BCUT2D eigenvalue weighted by Crippen LogP contribution is -2.49. The molecule has 11 heteroatoms. The van der Waals surface area contributed by atoms with Crippen LogP contribution in [0.3, 0.4) is 0 Å². The third-order valence-corrected chi connectivity index (χ3v) is 8.34. The summed E-state index contributed by atoms with van der Waals surface area (Å²) in [6.07, 6.45) is 5.21. The Labute approximate surface area is 258 Å². The summed E-state index contributed by atoms with van der Waals surface area (Å²) in [5.41, 5.74) is 1.39. The Kier molecular flexibility index (Phi) is 16.7. The zero-order valence-corrected chi connectivity index (χ0v) is 26.6. The van der Waals surface area contributed by atoms with Crippen molar-refractivity contribution in [2.45, 2.75) is 51.3 Å². The minimum atomic E-state index is -0.958. The van der Waals surface area contributed by atoms with Crippen LogP contribution >= 0.6 is 23.5 Å². The monoisotopic (exact) mass is 616 g/mol. The molecular formula is C31H44N4O5S2. The second-order valence-corrected chi connectivity index (χ2v) is 12.5. The highest BCUT2D eigenvalue weighted by Crippen LogP contribution is 2.23. The van der Waals surface area contributed by atoms with Gasteiger partial charge in [0.1, 0.15) is 17.1 Å². The normalized spacial score (nSPS) is 13.2. The average Bonchev–Trinajstić information content (AvgIpc) is 2.99. The summed E-state index contributed by atoms with van der Waals surface area (Å²) in [4.78, 5) is 43.9. The molecule has 4 N–H and O–H groups in total. The fraction of sp³-hybridized carbons (Fsp3) is 0.484. The number of unbranched alkanes of at least 4 members (excludes halogenated alkanes) is 1. The first kappa shape index (κ1) is 35.2. The molecular weight excluding hydrogens is 572 g/mol. The summed E-state index contributed by atoms with van der Waals surface area (Å²) in [6, 6.07) is 11.8. The number of methoxy groups -OCH3 is 1. The predicted molar refractivity (Wildman–Crippen MR) is 172 cm³/mol. The second kappa shape index (κ2) is 20.0. The first-order valence-electron chi connectivity index (χ1n) is 14.2. The van der Waals surface area contributed by atoms with Crippen molar-refractivity contribution in [3.05, 3.63) is 77.4 Å². The van der Waals surface area contributed by atoms with Crippen molar-refractivity contribution in [2.75, 3.05) is 37.5 Å². The number of thioether (sulfide) groups is 2. The van der Waals surface area contributed by atoms with E-state index in [4.69, 9.17) is 4.74 Å². The number of pyridine rings is 1. The highest BCUT2D eigenvalue weighted by molar-refractivity contribution is 8.00. The van der Waals surface area contributed by atoms with Gasteiger partial charge in [0.2, 0.25) is 11.8 Å². The lowest BCUT2D eigenvalue weighted by molar-refractivity contribution is -0.122. The van der Waals surface area contributed by atoms with Crippen LogP contribution < -0.4 is 16.0 Å². The molecule has 0 aliphatic carbocycles. The van der Waals surface area contributed by atoms with E-state index in [1.807, 2.05) is 44.2 Å². The van der Waals surface area contributed by atoms with Gasteiger partial charge in [-0.3, -0.25) is 19.4 Å². The van der Waals surface area contributed by atoms with Crippen molar-refractivity contribution in [1.29, 1.82) is 0 Å². The van der Waals surface area contributed by atoms with Gasteiger partial charge in [0, 0.05) is 44.0 Å². The molecule has 1 aromatic heterocycles. The molecule has 3 amide bonds. The number of carbonyl (C=O) groups excluding carboxylic acids is 3. The third-order valence-electron chi connectivity index (χ3n) is 6.02. The number of aliphatic hydroxyl groups is 1. The minimum Gasteiger partial charge on any atom is -0.509 e. The van der Waals surface area contributed by atoms with Crippen LogP contribution in [0.5, 0.6) is 0 Å². The van der Waals surface area contributed by atoms with E-state index in [0.29, 0.717) is 30.2 Å². The van der Waals surface area contributed by atoms with E-state index >= 15 is 0 Å². The Balaban J connectivity index is 2.40. The summed E-state index contributed by atoms with van der Waals surface area (Å²) in [5.74, 6) is 0.403. The van der Waals surface area contributed by atoms with Crippen LogP contribution in [0.4, 0.5) is 0 Å². The Hall–Kier alpha value is -3.02. The van der Waals surface area contributed by atoms with Gasteiger partial charge in [0.25, 0.3) is 5.91 Å². The van der Waals surface area contributed by atoms with Crippen molar-refractivity contribution in [2.24, 2.45) is 5.92 Å². The van der Waals surface area contributed by atoms with Gasteiger partial charge in [-0.2, -0.15) is 11.8 Å². The number of benzene rings is 1. The maximum absolute atomic E-state index is 13.7.